The van der Waals surface area contributed by atoms with Crippen molar-refractivity contribution >= 4 is 23.4 Å². The Bertz CT molecular complexity index is 776. The summed E-state index contributed by atoms with van der Waals surface area (Å²) in [6, 6.07) is 7.54. The second-order valence-electron chi connectivity index (χ2n) is 6.91. The van der Waals surface area contributed by atoms with E-state index in [2.05, 4.69) is 10.2 Å². The number of hydrogen-bond acceptors (Lipinski definition) is 4. The van der Waals surface area contributed by atoms with Gasteiger partial charge in [-0.2, -0.15) is 0 Å². The van der Waals surface area contributed by atoms with Crippen LogP contribution in [-0.2, 0) is 19.9 Å². The van der Waals surface area contributed by atoms with Crippen molar-refractivity contribution in [3.8, 4) is 0 Å². The van der Waals surface area contributed by atoms with Gasteiger partial charge in [0.1, 0.15) is 5.54 Å². The van der Waals surface area contributed by atoms with Crippen molar-refractivity contribution in [3.05, 3.63) is 29.8 Å². The number of benzene rings is 1. The summed E-state index contributed by atoms with van der Waals surface area (Å²) in [5, 5.41) is 2.94. The molecule has 0 saturated carbocycles. The fourth-order valence-electron chi connectivity index (χ4n) is 5.30. The zero-order valence-corrected chi connectivity index (χ0v) is 12.8. The van der Waals surface area contributed by atoms with Crippen molar-refractivity contribution in [1.29, 1.82) is 0 Å². The highest BCUT2D eigenvalue weighted by atomic mass is 16.2. The second-order valence-corrected chi connectivity index (χ2v) is 6.91. The lowest BCUT2D eigenvalue weighted by Crippen LogP contribution is -2.53. The largest absolute Gasteiger partial charge is 0.324 e. The Morgan fingerprint density at radius 2 is 1.96 bits per heavy atom. The van der Waals surface area contributed by atoms with Crippen molar-refractivity contribution in [2.24, 2.45) is 11.8 Å². The molecule has 6 heteroatoms. The molecule has 4 aliphatic rings. The summed E-state index contributed by atoms with van der Waals surface area (Å²) in [5.74, 6) is -1.51. The van der Waals surface area contributed by atoms with Gasteiger partial charge in [0.2, 0.25) is 17.7 Å². The third-order valence-corrected chi connectivity index (χ3v) is 6.12. The number of para-hydroxylation sites is 1. The van der Waals surface area contributed by atoms with E-state index in [0.717, 1.165) is 30.6 Å². The van der Waals surface area contributed by atoms with Gasteiger partial charge in [-0.3, -0.25) is 24.2 Å². The van der Waals surface area contributed by atoms with E-state index in [0.29, 0.717) is 0 Å². The summed E-state index contributed by atoms with van der Waals surface area (Å²) in [5.41, 5.74) is 0.597. The molecule has 0 bridgehead atoms. The number of likely N-dealkylation sites (tertiary alicyclic amines) is 1. The molecule has 118 valence electrons. The molecule has 3 fully saturated rings. The predicted octanol–water partition coefficient (Wildman–Crippen LogP) is 0.543. The van der Waals surface area contributed by atoms with E-state index in [1.807, 2.05) is 24.3 Å². The third-order valence-electron chi connectivity index (χ3n) is 6.12. The monoisotopic (exact) mass is 311 g/mol. The summed E-state index contributed by atoms with van der Waals surface area (Å²) in [7, 11) is 1.54. The van der Waals surface area contributed by atoms with Crippen LogP contribution in [0, 0.1) is 11.8 Å². The van der Waals surface area contributed by atoms with Gasteiger partial charge >= 0.3 is 0 Å². The molecule has 1 N–H and O–H groups in total. The quantitative estimate of drug-likeness (QED) is 0.710. The van der Waals surface area contributed by atoms with Gasteiger partial charge in [0.25, 0.3) is 0 Å². The molecule has 5 rings (SSSR count). The second kappa shape index (κ2) is 4.00. The maximum absolute atomic E-state index is 13.1. The zero-order valence-electron chi connectivity index (χ0n) is 12.8. The van der Waals surface area contributed by atoms with Crippen LogP contribution in [-0.4, -0.2) is 47.2 Å². The van der Waals surface area contributed by atoms with Gasteiger partial charge in [-0.1, -0.05) is 18.2 Å². The first-order valence-corrected chi connectivity index (χ1v) is 8.07. The first-order valence-electron chi connectivity index (χ1n) is 8.07. The van der Waals surface area contributed by atoms with E-state index >= 15 is 0 Å². The molecule has 0 unspecified atom stereocenters. The van der Waals surface area contributed by atoms with E-state index in [-0.39, 0.29) is 23.8 Å². The summed E-state index contributed by atoms with van der Waals surface area (Å²) < 4.78 is 0. The van der Waals surface area contributed by atoms with Gasteiger partial charge in [0, 0.05) is 24.3 Å². The summed E-state index contributed by atoms with van der Waals surface area (Å²) in [6.07, 6.45) is 1.82. The Morgan fingerprint density at radius 1 is 1.17 bits per heavy atom. The van der Waals surface area contributed by atoms with Crippen molar-refractivity contribution in [3.63, 3.8) is 0 Å². The summed E-state index contributed by atoms with van der Waals surface area (Å²) in [6.45, 7) is 0.754. The minimum Gasteiger partial charge on any atom is -0.324 e. The smallest absolute Gasteiger partial charge is 0.250 e. The van der Waals surface area contributed by atoms with Crippen LogP contribution in [0.1, 0.15) is 18.4 Å². The highest BCUT2D eigenvalue weighted by molar-refractivity contribution is 6.15. The first-order chi connectivity index (χ1) is 11.1. The molecule has 1 aromatic carbocycles. The van der Waals surface area contributed by atoms with E-state index in [9.17, 15) is 14.4 Å². The van der Waals surface area contributed by atoms with Crippen LogP contribution in [0.25, 0.3) is 0 Å². The summed E-state index contributed by atoms with van der Waals surface area (Å²) in [4.78, 5) is 41.9. The van der Waals surface area contributed by atoms with Crippen molar-refractivity contribution in [2.45, 2.75) is 24.4 Å². The standard InChI is InChI=1S/C17H17N3O3/c1-19-14(21)12-11-7-4-8-20(11)17(13(12)15(19)22)9-5-2-3-6-10(9)18-16(17)23/h2-3,5-6,11-13H,4,7-8H2,1H3,(H,18,23)/t11-,12+,13-,17+/m0/s1. The minimum atomic E-state index is -1.01. The SMILES string of the molecule is CN1C(=O)[C@H]2[C@@H](C1=O)[C@]1(C(=O)Nc3ccccc31)N1CCC[C@@H]21. The summed E-state index contributed by atoms with van der Waals surface area (Å²) >= 11 is 0. The molecule has 4 aliphatic heterocycles. The van der Waals surface area contributed by atoms with Crippen molar-refractivity contribution < 1.29 is 14.4 Å². The molecule has 1 aromatic rings. The van der Waals surface area contributed by atoms with Crippen LogP contribution in [0.3, 0.4) is 0 Å². The molecule has 3 saturated heterocycles. The Hall–Kier alpha value is -2.21. The predicted molar refractivity (Wildman–Crippen MR) is 81.2 cm³/mol. The topological polar surface area (TPSA) is 69.7 Å². The molecule has 4 heterocycles. The number of carbonyl (C=O) groups is 3. The number of nitrogens with one attached hydrogen (secondary N) is 1. The highest BCUT2D eigenvalue weighted by Gasteiger charge is 2.74. The van der Waals surface area contributed by atoms with Crippen molar-refractivity contribution in [2.75, 3.05) is 18.9 Å². The zero-order chi connectivity index (χ0) is 15.9. The number of nitrogens with zero attached hydrogens (tertiary/aromatic N) is 2. The van der Waals surface area contributed by atoms with Crippen LogP contribution in [0.15, 0.2) is 24.3 Å². The lowest BCUT2D eigenvalue weighted by atomic mass is 9.75. The van der Waals surface area contributed by atoms with E-state index in [1.165, 1.54) is 11.9 Å². The minimum absolute atomic E-state index is 0.0155. The number of amides is 3. The normalized spacial score (nSPS) is 38.2. The average Bonchev–Trinajstić information content (AvgIpc) is 3.23. The number of carbonyl (C=O) groups excluding carboxylic acids is 3. The van der Waals surface area contributed by atoms with Gasteiger partial charge < -0.3 is 5.32 Å². The molecule has 1 spiro atoms. The van der Waals surface area contributed by atoms with Crippen LogP contribution in [0.5, 0.6) is 0 Å². The fraction of sp³-hybridized carbons (Fsp3) is 0.471. The number of hydrogen-bond donors (Lipinski definition) is 1. The Balaban J connectivity index is 1.80. The molecular weight excluding hydrogens is 294 g/mol. The Morgan fingerprint density at radius 3 is 2.78 bits per heavy atom. The van der Waals surface area contributed by atoms with E-state index in [4.69, 9.17) is 0 Å². The molecule has 0 aliphatic carbocycles. The van der Waals surface area contributed by atoms with Gasteiger partial charge in [-0.25, -0.2) is 0 Å². The number of rotatable bonds is 0. The molecule has 6 nitrogen and oxygen atoms in total. The van der Waals surface area contributed by atoms with Gasteiger partial charge in [-0.05, 0) is 25.5 Å². The molecule has 0 radical (unpaired) electrons. The molecular formula is C17H17N3O3. The fourth-order valence-corrected chi connectivity index (χ4v) is 5.30. The van der Waals surface area contributed by atoms with Crippen LogP contribution in [0.2, 0.25) is 0 Å². The van der Waals surface area contributed by atoms with Gasteiger partial charge in [0.15, 0.2) is 0 Å². The van der Waals surface area contributed by atoms with Gasteiger partial charge in [-0.15, -0.1) is 0 Å². The van der Waals surface area contributed by atoms with Crippen molar-refractivity contribution in [1.82, 2.24) is 9.80 Å². The first kappa shape index (κ1) is 13.2. The lowest BCUT2D eigenvalue weighted by Gasteiger charge is -2.36. The average molecular weight is 311 g/mol. The van der Waals surface area contributed by atoms with E-state index < -0.39 is 17.4 Å². The molecule has 4 atom stereocenters. The van der Waals surface area contributed by atoms with E-state index in [1.54, 1.807) is 0 Å². The Kier molecular flexibility index (Phi) is 2.30. The van der Waals surface area contributed by atoms with Crippen LogP contribution >= 0.6 is 0 Å². The maximum Gasteiger partial charge on any atom is 0.250 e. The maximum atomic E-state index is 13.1. The number of imide groups is 1. The lowest BCUT2D eigenvalue weighted by molar-refractivity contribution is -0.144. The van der Waals surface area contributed by atoms with Crippen LogP contribution < -0.4 is 5.32 Å². The Labute approximate surface area is 133 Å². The number of fused-ring (bicyclic) bond motifs is 7. The molecule has 23 heavy (non-hydrogen) atoms. The molecule has 0 aromatic heterocycles. The number of anilines is 1. The highest BCUT2D eigenvalue weighted by Crippen LogP contribution is 2.59. The van der Waals surface area contributed by atoms with Crippen LogP contribution in [0.4, 0.5) is 5.69 Å². The third kappa shape index (κ3) is 1.25. The molecule has 3 amide bonds. The van der Waals surface area contributed by atoms with Gasteiger partial charge in [0.05, 0.1) is 11.8 Å².